The van der Waals surface area contributed by atoms with Crippen molar-refractivity contribution in [3.63, 3.8) is 0 Å². The van der Waals surface area contributed by atoms with Crippen LogP contribution in [0.15, 0.2) is 34.9 Å². The molecule has 1 aromatic carbocycles. The Bertz CT molecular complexity index is 893. The Kier molecular flexibility index (Phi) is 7.76. The Morgan fingerprint density at radius 3 is 2.63 bits per heavy atom. The highest BCUT2D eigenvalue weighted by atomic mass is 79.9. The molecule has 0 spiro atoms. The van der Waals surface area contributed by atoms with Crippen molar-refractivity contribution in [3.05, 3.63) is 46.1 Å². The van der Waals surface area contributed by atoms with Gasteiger partial charge in [-0.3, -0.25) is 0 Å². The van der Waals surface area contributed by atoms with Gasteiger partial charge in [0.25, 0.3) is 0 Å². The number of sulfone groups is 1. The minimum Gasteiger partial charge on any atom is -0.493 e. The first-order chi connectivity index (χ1) is 12.8. The summed E-state index contributed by atoms with van der Waals surface area (Å²) in [5.74, 6) is 1.81. The number of nitrogens with one attached hydrogen (secondary N) is 1. The van der Waals surface area contributed by atoms with Crippen LogP contribution in [0.2, 0.25) is 0 Å². The van der Waals surface area contributed by atoms with E-state index in [1.807, 2.05) is 19.1 Å². The number of benzene rings is 1. The molecule has 2 rings (SSSR count). The van der Waals surface area contributed by atoms with Crippen LogP contribution in [0.4, 0.5) is 5.82 Å². The molecule has 0 bridgehead atoms. The average Bonchev–Trinajstić information content (AvgIpc) is 2.61. The smallest absolute Gasteiger partial charge is 0.161 e. The first-order valence-corrected chi connectivity index (χ1v) is 11.6. The van der Waals surface area contributed by atoms with Gasteiger partial charge in [0.05, 0.1) is 31.4 Å². The number of aromatic nitrogens is 1. The number of hydrogen-bond donors (Lipinski definition) is 1. The summed E-state index contributed by atoms with van der Waals surface area (Å²) >= 11 is 9.38. The van der Waals surface area contributed by atoms with E-state index in [0.29, 0.717) is 23.9 Å². The molecule has 0 radical (unpaired) electrons. The van der Waals surface area contributed by atoms with E-state index < -0.39 is 15.9 Å². The zero-order valence-electron chi connectivity index (χ0n) is 15.3. The van der Waals surface area contributed by atoms with Gasteiger partial charge in [-0.15, -0.1) is 11.6 Å². The minimum atomic E-state index is -3.26. The van der Waals surface area contributed by atoms with Gasteiger partial charge in [-0.25, -0.2) is 13.4 Å². The van der Waals surface area contributed by atoms with E-state index in [9.17, 15) is 8.42 Å². The van der Waals surface area contributed by atoms with Crippen molar-refractivity contribution >= 4 is 43.2 Å². The van der Waals surface area contributed by atoms with E-state index >= 15 is 0 Å². The Hall–Kier alpha value is -1.51. The van der Waals surface area contributed by atoms with E-state index in [1.165, 1.54) is 6.26 Å². The monoisotopic (exact) mass is 476 g/mol. The van der Waals surface area contributed by atoms with Crippen LogP contribution in [0, 0.1) is 0 Å². The number of rotatable bonds is 9. The van der Waals surface area contributed by atoms with Crippen LogP contribution in [0.3, 0.4) is 0 Å². The largest absolute Gasteiger partial charge is 0.493 e. The highest BCUT2D eigenvalue weighted by Gasteiger charge is 2.21. The van der Waals surface area contributed by atoms with Crippen LogP contribution in [-0.2, 0) is 15.7 Å². The maximum atomic E-state index is 12.0. The highest BCUT2D eigenvalue weighted by molar-refractivity contribution is 9.10. The van der Waals surface area contributed by atoms with Gasteiger partial charge in [-0.1, -0.05) is 6.07 Å². The van der Waals surface area contributed by atoms with Crippen LogP contribution in [0.25, 0.3) is 0 Å². The van der Waals surface area contributed by atoms with Gasteiger partial charge in [-0.2, -0.15) is 0 Å². The fourth-order valence-corrected chi connectivity index (χ4v) is 4.04. The van der Waals surface area contributed by atoms with Crippen LogP contribution < -0.4 is 14.8 Å². The predicted molar refractivity (Wildman–Crippen MR) is 112 cm³/mol. The standard InChI is InChI=1S/C18H22BrClN2O4S/c1-4-26-17-8-12(5-6-16(17)25-2)15(11-27(3,23)24)22-18-13(9-20)7-14(19)10-21-18/h5-8,10,15H,4,9,11H2,1-3H3,(H,21,22). The fourth-order valence-electron chi connectivity index (χ4n) is 2.58. The second-order valence-electron chi connectivity index (χ2n) is 5.93. The number of hydrogen-bond acceptors (Lipinski definition) is 6. The normalized spacial score (nSPS) is 12.5. The Balaban J connectivity index is 2.45. The lowest BCUT2D eigenvalue weighted by molar-refractivity contribution is 0.310. The maximum absolute atomic E-state index is 12.0. The molecule has 6 nitrogen and oxygen atoms in total. The molecule has 0 aliphatic heterocycles. The molecule has 1 N–H and O–H groups in total. The molecule has 9 heteroatoms. The van der Waals surface area contributed by atoms with E-state index in [4.69, 9.17) is 21.1 Å². The third kappa shape index (κ3) is 6.26. The van der Waals surface area contributed by atoms with Gasteiger partial charge >= 0.3 is 0 Å². The summed E-state index contributed by atoms with van der Waals surface area (Å²) in [5, 5.41) is 3.21. The zero-order valence-corrected chi connectivity index (χ0v) is 18.5. The van der Waals surface area contributed by atoms with Gasteiger partial charge < -0.3 is 14.8 Å². The van der Waals surface area contributed by atoms with Gasteiger partial charge in [-0.05, 0) is 46.6 Å². The molecule has 0 fully saturated rings. The van der Waals surface area contributed by atoms with Crippen molar-refractivity contribution in [1.29, 1.82) is 0 Å². The molecule has 0 saturated carbocycles. The summed E-state index contributed by atoms with van der Waals surface area (Å²) < 4.78 is 35.7. The number of halogens is 2. The summed E-state index contributed by atoms with van der Waals surface area (Å²) in [4.78, 5) is 4.34. The van der Waals surface area contributed by atoms with E-state index in [0.717, 1.165) is 15.6 Å². The van der Waals surface area contributed by atoms with Crippen molar-refractivity contribution in [3.8, 4) is 11.5 Å². The lowest BCUT2D eigenvalue weighted by Gasteiger charge is -2.22. The van der Waals surface area contributed by atoms with Crippen LogP contribution in [-0.4, -0.2) is 39.1 Å². The third-order valence-electron chi connectivity index (χ3n) is 3.75. The van der Waals surface area contributed by atoms with Crippen molar-refractivity contribution < 1.29 is 17.9 Å². The van der Waals surface area contributed by atoms with E-state index in [1.54, 1.807) is 25.4 Å². The molecule has 0 amide bonds. The van der Waals surface area contributed by atoms with Crippen molar-refractivity contribution in [2.45, 2.75) is 18.8 Å². The second-order valence-corrected chi connectivity index (χ2v) is 9.30. The zero-order chi connectivity index (χ0) is 20.0. The Morgan fingerprint density at radius 1 is 1.30 bits per heavy atom. The number of alkyl halides is 1. The molecular weight excluding hydrogens is 456 g/mol. The molecule has 2 aromatic rings. The van der Waals surface area contributed by atoms with Gasteiger partial charge in [0, 0.05) is 22.5 Å². The van der Waals surface area contributed by atoms with Gasteiger partial charge in [0.15, 0.2) is 11.5 Å². The summed E-state index contributed by atoms with van der Waals surface area (Å²) in [6, 6.07) is 6.67. The molecule has 0 aliphatic rings. The molecule has 0 saturated heterocycles. The molecule has 1 heterocycles. The van der Waals surface area contributed by atoms with Crippen LogP contribution in [0.1, 0.15) is 24.1 Å². The van der Waals surface area contributed by atoms with Crippen molar-refractivity contribution in [1.82, 2.24) is 4.98 Å². The molecule has 148 valence electrons. The van der Waals surface area contributed by atoms with Crippen molar-refractivity contribution in [2.24, 2.45) is 0 Å². The summed E-state index contributed by atoms with van der Waals surface area (Å²) in [7, 11) is -1.71. The fraction of sp³-hybridized carbons (Fsp3) is 0.389. The first kappa shape index (κ1) is 21.8. The lowest BCUT2D eigenvalue weighted by Crippen LogP contribution is -2.22. The third-order valence-corrected chi connectivity index (χ3v) is 5.41. The summed E-state index contributed by atoms with van der Waals surface area (Å²) in [6.45, 7) is 2.34. The number of methoxy groups -OCH3 is 1. The molecule has 1 aromatic heterocycles. The first-order valence-electron chi connectivity index (χ1n) is 8.22. The van der Waals surface area contributed by atoms with Crippen LogP contribution in [0.5, 0.6) is 11.5 Å². The number of anilines is 1. The SMILES string of the molecule is CCOc1cc(C(CS(C)(=O)=O)Nc2ncc(Br)cc2CCl)ccc1OC. The quantitative estimate of drug-likeness (QED) is 0.546. The summed E-state index contributed by atoms with van der Waals surface area (Å²) in [5.41, 5.74) is 1.51. The average molecular weight is 478 g/mol. The Labute approximate surface area is 173 Å². The summed E-state index contributed by atoms with van der Waals surface area (Å²) in [6.07, 6.45) is 2.83. The number of pyridine rings is 1. The topological polar surface area (TPSA) is 77.5 Å². The second kappa shape index (κ2) is 9.61. The molecule has 0 aliphatic carbocycles. The maximum Gasteiger partial charge on any atom is 0.161 e. The van der Waals surface area contributed by atoms with Crippen molar-refractivity contribution in [2.75, 3.05) is 31.0 Å². The molecular formula is C18H22BrClN2O4S. The predicted octanol–water partition coefficient (Wildman–Crippen LogP) is 4.19. The minimum absolute atomic E-state index is 0.107. The highest BCUT2D eigenvalue weighted by Crippen LogP contribution is 2.32. The Morgan fingerprint density at radius 2 is 2.04 bits per heavy atom. The van der Waals surface area contributed by atoms with E-state index in [-0.39, 0.29) is 11.6 Å². The molecule has 1 unspecified atom stereocenters. The van der Waals surface area contributed by atoms with Crippen LogP contribution >= 0.6 is 27.5 Å². The van der Waals surface area contributed by atoms with Gasteiger partial charge in [0.2, 0.25) is 0 Å². The number of nitrogens with zero attached hydrogens (tertiary/aromatic N) is 1. The molecule has 1 atom stereocenters. The lowest BCUT2D eigenvalue weighted by atomic mass is 10.1. The number of ether oxygens (including phenoxy) is 2. The van der Waals surface area contributed by atoms with Gasteiger partial charge in [0.1, 0.15) is 15.7 Å². The van der Waals surface area contributed by atoms with E-state index in [2.05, 4.69) is 26.2 Å². The molecule has 27 heavy (non-hydrogen) atoms.